The second kappa shape index (κ2) is 9.32. The highest BCUT2D eigenvalue weighted by Gasteiger charge is 2.34. The minimum Gasteiger partial charge on any atom is -0.357 e. The van der Waals surface area contributed by atoms with E-state index in [0.29, 0.717) is 16.8 Å². The van der Waals surface area contributed by atoms with Gasteiger partial charge in [-0.3, -0.25) is 19.3 Å². The second-order valence-corrected chi connectivity index (χ2v) is 7.00. The first-order valence-electron chi connectivity index (χ1n) is 10.0. The van der Waals surface area contributed by atoms with Gasteiger partial charge < -0.3 is 10.2 Å². The van der Waals surface area contributed by atoms with Gasteiger partial charge in [-0.15, -0.1) is 0 Å². The molecule has 2 aromatic rings. The fourth-order valence-corrected chi connectivity index (χ4v) is 3.41. The summed E-state index contributed by atoms with van der Waals surface area (Å²) in [6, 6.07) is 10.4. The van der Waals surface area contributed by atoms with E-state index >= 15 is 0 Å². The van der Waals surface area contributed by atoms with Crippen molar-refractivity contribution in [3.63, 3.8) is 0 Å². The molecule has 3 amide bonds. The molecule has 1 aromatic heterocycles. The maximum Gasteiger partial charge on any atom is 0.261 e. The predicted octanol–water partition coefficient (Wildman–Crippen LogP) is 3.33. The van der Waals surface area contributed by atoms with Crippen LogP contribution in [0.5, 0.6) is 0 Å². The number of hydrogen-bond acceptors (Lipinski definition) is 5. The SMILES string of the molecule is CCCN(CCC)c1ccc(NC(=O)CCN2C(=O)c3ccccc3C2=O)cn1. The van der Waals surface area contributed by atoms with E-state index in [1.807, 2.05) is 12.1 Å². The van der Waals surface area contributed by atoms with Crippen molar-refractivity contribution in [2.75, 3.05) is 29.9 Å². The fraction of sp³-hybridized carbons (Fsp3) is 0.364. The van der Waals surface area contributed by atoms with Crippen LogP contribution in [0, 0.1) is 0 Å². The van der Waals surface area contributed by atoms with Gasteiger partial charge in [0.15, 0.2) is 0 Å². The molecule has 29 heavy (non-hydrogen) atoms. The van der Waals surface area contributed by atoms with Gasteiger partial charge in [0.25, 0.3) is 11.8 Å². The van der Waals surface area contributed by atoms with Crippen LogP contribution >= 0.6 is 0 Å². The minimum absolute atomic E-state index is 0.0328. The van der Waals surface area contributed by atoms with Gasteiger partial charge in [0.1, 0.15) is 5.82 Å². The molecule has 1 aromatic carbocycles. The van der Waals surface area contributed by atoms with Gasteiger partial charge in [-0.05, 0) is 37.1 Å². The lowest BCUT2D eigenvalue weighted by molar-refractivity contribution is -0.116. The molecule has 0 radical (unpaired) electrons. The van der Waals surface area contributed by atoms with E-state index in [1.54, 1.807) is 30.5 Å². The summed E-state index contributed by atoms with van der Waals surface area (Å²) in [6.07, 6.45) is 3.74. The number of aromatic nitrogens is 1. The van der Waals surface area contributed by atoms with Crippen LogP contribution in [0.25, 0.3) is 0 Å². The van der Waals surface area contributed by atoms with E-state index in [0.717, 1.165) is 36.6 Å². The van der Waals surface area contributed by atoms with E-state index in [4.69, 9.17) is 0 Å². The molecule has 0 aliphatic carbocycles. The third-order valence-electron chi connectivity index (χ3n) is 4.78. The molecule has 2 heterocycles. The molecule has 0 bridgehead atoms. The van der Waals surface area contributed by atoms with E-state index in [1.165, 1.54) is 0 Å². The molecule has 0 atom stereocenters. The number of nitrogens with one attached hydrogen (secondary N) is 1. The Morgan fingerprint density at radius 3 is 2.14 bits per heavy atom. The Morgan fingerprint density at radius 1 is 1.00 bits per heavy atom. The van der Waals surface area contributed by atoms with E-state index in [9.17, 15) is 14.4 Å². The van der Waals surface area contributed by atoms with E-state index in [-0.39, 0.29) is 30.7 Å². The molecule has 7 nitrogen and oxygen atoms in total. The average molecular weight is 394 g/mol. The number of imide groups is 1. The Bertz CT molecular complexity index is 854. The predicted molar refractivity (Wildman–Crippen MR) is 112 cm³/mol. The molecule has 0 saturated heterocycles. The van der Waals surface area contributed by atoms with Crippen molar-refractivity contribution in [2.24, 2.45) is 0 Å². The summed E-state index contributed by atoms with van der Waals surface area (Å²) >= 11 is 0. The largest absolute Gasteiger partial charge is 0.357 e. The van der Waals surface area contributed by atoms with Crippen LogP contribution in [-0.4, -0.2) is 47.2 Å². The number of benzene rings is 1. The zero-order valence-corrected chi connectivity index (χ0v) is 16.9. The number of nitrogens with zero attached hydrogens (tertiary/aromatic N) is 3. The number of hydrogen-bond donors (Lipinski definition) is 1. The van der Waals surface area contributed by atoms with Crippen LogP contribution in [0.15, 0.2) is 42.6 Å². The number of anilines is 2. The van der Waals surface area contributed by atoms with Crippen molar-refractivity contribution >= 4 is 29.2 Å². The summed E-state index contributed by atoms with van der Waals surface area (Å²) in [6.45, 7) is 6.18. The molecule has 0 fully saturated rings. The van der Waals surface area contributed by atoms with Crippen LogP contribution in [0.4, 0.5) is 11.5 Å². The van der Waals surface area contributed by atoms with Crippen LogP contribution < -0.4 is 10.2 Å². The van der Waals surface area contributed by atoms with Gasteiger partial charge >= 0.3 is 0 Å². The van der Waals surface area contributed by atoms with E-state index < -0.39 is 0 Å². The smallest absolute Gasteiger partial charge is 0.261 e. The Balaban J connectivity index is 1.55. The molecule has 0 spiro atoms. The Kier molecular flexibility index (Phi) is 6.59. The van der Waals surface area contributed by atoms with Crippen molar-refractivity contribution in [3.05, 3.63) is 53.7 Å². The first-order chi connectivity index (χ1) is 14.0. The highest BCUT2D eigenvalue weighted by molar-refractivity contribution is 6.21. The maximum atomic E-state index is 12.3. The Morgan fingerprint density at radius 2 is 1.62 bits per heavy atom. The summed E-state index contributed by atoms with van der Waals surface area (Å²) in [5, 5.41) is 2.78. The first kappa shape index (κ1) is 20.5. The average Bonchev–Trinajstić information content (AvgIpc) is 2.97. The lowest BCUT2D eigenvalue weighted by atomic mass is 10.1. The van der Waals surface area contributed by atoms with Crippen molar-refractivity contribution in [2.45, 2.75) is 33.1 Å². The lowest BCUT2D eigenvalue weighted by Crippen LogP contribution is -2.32. The first-order valence-corrected chi connectivity index (χ1v) is 10.0. The monoisotopic (exact) mass is 394 g/mol. The summed E-state index contributed by atoms with van der Waals surface area (Å²) in [5.74, 6) is -0.0829. The standard InChI is InChI=1S/C22H26N4O3/c1-3-12-25(13-4-2)19-10-9-16(15-23-19)24-20(27)11-14-26-21(28)17-7-5-6-8-18(17)22(26)29/h5-10,15H,3-4,11-14H2,1-2H3,(H,24,27). The van der Waals surface area contributed by atoms with Crippen LogP contribution in [0.2, 0.25) is 0 Å². The summed E-state index contributed by atoms with van der Waals surface area (Å²) < 4.78 is 0. The van der Waals surface area contributed by atoms with Gasteiger partial charge in [0.05, 0.1) is 23.0 Å². The van der Waals surface area contributed by atoms with Gasteiger partial charge in [0, 0.05) is 26.1 Å². The Hall–Kier alpha value is -3.22. The van der Waals surface area contributed by atoms with Gasteiger partial charge in [-0.2, -0.15) is 0 Å². The molecule has 3 rings (SSSR count). The van der Waals surface area contributed by atoms with Crippen molar-refractivity contribution in [3.8, 4) is 0 Å². The highest BCUT2D eigenvalue weighted by atomic mass is 16.2. The normalized spacial score (nSPS) is 12.8. The molecule has 7 heteroatoms. The zero-order chi connectivity index (χ0) is 20.8. The van der Waals surface area contributed by atoms with E-state index in [2.05, 4.69) is 29.0 Å². The number of carbonyl (C=O) groups excluding carboxylic acids is 3. The summed E-state index contributed by atoms with van der Waals surface area (Å²) in [4.78, 5) is 44.8. The molecule has 152 valence electrons. The molecular weight excluding hydrogens is 368 g/mol. The molecule has 0 unspecified atom stereocenters. The number of rotatable bonds is 9. The minimum atomic E-state index is -0.351. The molecule has 1 aliphatic heterocycles. The third-order valence-corrected chi connectivity index (χ3v) is 4.78. The summed E-state index contributed by atoms with van der Waals surface area (Å²) in [7, 11) is 0. The molecule has 1 aliphatic rings. The van der Waals surface area contributed by atoms with Gasteiger partial charge in [0.2, 0.25) is 5.91 Å². The zero-order valence-electron chi connectivity index (χ0n) is 16.9. The quantitative estimate of drug-likeness (QED) is 0.660. The Labute approximate surface area is 170 Å². The molecule has 0 saturated carbocycles. The number of amides is 3. The summed E-state index contributed by atoms with van der Waals surface area (Å²) in [5.41, 5.74) is 1.37. The van der Waals surface area contributed by atoms with Crippen molar-refractivity contribution < 1.29 is 14.4 Å². The van der Waals surface area contributed by atoms with Gasteiger partial charge in [-0.1, -0.05) is 26.0 Å². The van der Waals surface area contributed by atoms with Crippen LogP contribution in [0.1, 0.15) is 53.8 Å². The molecule has 1 N–H and O–H groups in total. The lowest BCUT2D eigenvalue weighted by Gasteiger charge is -2.22. The number of pyridine rings is 1. The fourth-order valence-electron chi connectivity index (χ4n) is 3.41. The van der Waals surface area contributed by atoms with Crippen molar-refractivity contribution in [1.82, 2.24) is 9.88 Å². The number of carbonyl (C=O) groups is 3. The molecular formula is C22H26N4O3. The van der Waals surface area contributed by atoms with Gasteiger partial charge in [-0.25, -0.2) is 4.98 Å². The second-order valence-electron chi connectivity index (χ2n) is 7.00. The third kappa shape index (κ3) is 4.62. The maximum absolute atomic E-state index is 12.3. The van der Waals surface area contributed by atoms with Crippen molar-refractivity contribution in [1.29, 1.82) is 0 Å². The van der Waals surface area contributed by atoms with Crippen LogP contribution in [0.3, 0.4) is 0 Å². The topological polar surface area (TPSA) is 82.6 Å². The number of fused-ring (bicyclic) bond motifs is 1. The highest BCUT2D eigenvalue weighted by Crippen LogP contribution is 2.22. The van der Waals surface area contributed by atoms with Crippen LogP contribution in [-0.2, 0) is 4.79 Å².